The molecular formula is C9H10N2O2. The summed E-state index contributed by atoms with van der Waals surface area (Å²) in [5.74, 6) is 0.796. The number of urea groups is 1. The van der Waals surface area contributed by atoms with Crippen LogP contribution in [0.4, 0.5) is 10.5 Å². The number of ether oxygens (including phenoxy) is 1. The summed E-state index contributed by atoms with van der Waals surface area (Å²) in [4.78, 5) is 11.0. The second-order valence-electron chi connectivity index (χ2n) is 2.79. The Kier molecular flexibility index (Phi) is 1.81. The molecule has 0 saturated carbocycles. The Hall–Kier alpha value is -1.71. The molecule has 0 aliphatic carbocycles. The highest BCUT2D eigenvalue weighted by atomic mass is 16.5. The van der Waals surface area contributed by atoms with Gasteiger partial charge in [-0.25, -0.2) is 4.79 Å². The van der Waals surface area contributed by atoms with Crippen LogP contribution in [0.25, 0.3) is 0 Å². The lowest BCUT2D eigenvalue weighted by molar-refractivity contribution is 0.250. The third-order valence-corrected chi connectivity index (χ3v) is 2.03. The van der Waals surface area contributed by atoms with Gasteiger partial charge in [0.05, 0.1) is 19.3 Å². The average molecular weight is 178 g/mol. The second-order valence-corrected chi connectivity index (χ2v) is 2.79. The number of amides is 2. The van der Waals surface area contributed by atoms with E-state index in [-0.39, 0.29) is 6.03 Å². The van der Waals surface area contributed by atoms with Crippen molar-refractivity contribution in [3.63, 3.8) is 0 Å². The number of hydrogen-bond donors (Lipinski definition) is 2. The van der Waals surface area contributed by atoms with Crippen molar-refractivity contribution in [2.75, 3.05) is 12.4 Å². The molecule has 0 saturated heterocycles. The zero-order valence-electron chi connectivity index (χ0n) is 7.26. The summed E-state index contributed by atoms with van der Waals surface area (Å²) < 4.78 is 5.16. The van der Waals surface area contributed by atoms with Crippen molar-refractivity contribution in [2.45, 2.75) is 6.54 Å². The van der Waals surface area contributed by atoms with Gasteiger partial charge in [-0.2, -0.15) is 0 Å². The Morgan fingerprint density at radius 3 is 3.08 bits per heavy atom. The molecule has 2 rings (SSSR count). The lowest BCUT2D eigenvalue weighted by atomic mass is 10.1. The van der Waals surface area contributed by atoms with Gasteiger partial charge in [0.25, 0.3) is 0 Å². The van der Waals surface area contributed by atoms with Crippen LogP contribution >= 0.6 is 0 Å². The number of fused-ring (bicyclic) bond motifs is 1. The van der Waals surface area contributed by atoms with Crippen LogP contribution in [0.2, 0.25) is 0 Å². The van der Waals surface area contributed by atoms with Crippen molar-refractivity contribution in [2.24, 2.45) is 0 Å². The molecule has 0 bridgehead atoms. The van der Waals surface area contributed by atoms with Crippen molar-refractivity contribution in [3.05, 3.63) is 23.8 Å². The predicted octanol–water partition coefficient (Wildman–Crippen LogP) is 1.33. The molecule has 0 radical (unpaired) electrons. The Morgan fingerprint density at radius 1 is 1.46 bits per heavy atom. The minimum Gasteiger partial charge on any atom is -0.496 e. The number of anilines is 1. The molecule has 1 aliphatic rings. The van der Waals surface area contributed by atoms with Crippen LogP contribution in [0.15, 0.2) is 18.2 Å². The molecule has 2 amide bonds. The molecule has 0 atom stereocenters. The van der Waals surface area contributed by atoms with Gasteiger partial charge < -0.3 is 15.4 Å². The maximum atomic E-state index is 11.0. The van der Waals surface area contributed by atoms with Gasteiger partial charge in [-0.05, 0) is 12.1 Å². The average Bonchev–Trinajstić information content (AvgIpc) is 2.16. The van der Waals surface area contributed by atoms with Crippen molar-refractivity contribution in [1.82, 2.24) is 5.32 Å². The fourth-order valence-electron chi connectivity index (χ4n) is 1.39. The molecule has 13 heavy (non-hydrogen) atoms. The highest BCUT2D eigenvalue weighted by Crippen LogP contribution is 2.27. The first kappa shape index (κ1) is 7.91. The fraction of sp³-hybridized carbons (Fsp3) is 0.222. The quantitative estimate of drug-likeness (QED) is 0.681. The first-order valence-corrected chi connectivity index (χ1v) is 4.02. The van der Waals surface area contributed by atoms with Gasteiger partial charge in [0, 0.05) is 5.56 Å². The highest BCUT2D eigenvalue weighted by Gasteiger charge is 2.16. The molecule has 0 unspecified atom stereocenters. The molecule has 1 aromatic rings. The first-order valence-electron chi connectivity index (χ1n) is 4.02. The zero-order chi connectivity index (χ0) is 9.26. The lowest BCUT2D eigenvalue weighted by Gasteiger charge is -2.19. The molecule has 0 spiro atoms. The first-order chi connectivity index (χ1) is 6.31. The van der Waals surface area contributed by atoms with E-state index in [1.807, 2.05) is 18.2 Å². The number of benzene rings is 1. The molecule has 68 valence electrons. The minimum absolute atomic E-state index is 0.166. The minimum atomic E-state index is -0.166. The van der Waals surface area contributed by atoms with Crippen LogP contribution in [-0.2, 0) is 6.54 Å². The largest absolute Gasteiger partial charge is 0.496 e. The number of carbonyl (C=O) groups is 1. The van der Waals surface area contributed by atoms with Gasteiger partial charge in [-0.3, -0.25) is 0 Å². The van der Waals surface area contributed by atoms with Gasteiger partial charge in [-0.15, -0.1) is 0 Å². The summed E-state index contributed by atoms with van der Waals surface area (Å²) in [6, 6.07) is 5.42. The van der Waals surface area contributed by atoms with Gasteiger partial charge >= 0.3 is 6.03 Å². The van der Waals surface area contributed by atoms with Crippen LogP contribution in [0.1, 0.15) is 5.56 Å². The molecule has 2 N–H and O–H groups in total. The van der Waals surface area contributed by atoms with Crippen LogP contribution < -0.4 is 15.4 Å². The number of rotatable bonds is 1. The van der Waals surface area contributed by atoms with E-state index in [1.54, 1.807) is 7.11 Å². The van der Waals surface area contributed by atoms with Crippen LogP contribution in [-0.4, -0.2) is 13.1 Å². The Bertz CT molecular complexity index is 349. The number of methoxy groups -OCH3 is 1. The van der Waals surface area contributed by atoms with Crippen LogP contribution in [0, 0.1) is 0 Å². The van der Waals surface area contributed by atoms with Crippen molar-refractivity contribution in [3.8, 4) is 5.75 Å². The molecule has 0 fully saturated rings. The van der Waals surface area contributed by atoms with E-state index in [0.29, 0.717) is 6.54 Å². The van der Waals surface area contributed by atoms with E-state index in [4.69, 9.17) is 4.74 Å². The van der Waals surface area contributed by atoms with E-state index >= 15 is 0 Å². The van der Waals surface area contributed by atoms with E-state index in [9.17, 15) is 4.79 Å². The van der Waals surface area contributed by atoms with Gasteiger partial charge in [0.1, 0.15) is 5.75 Å². The number of hydrogen-bond acceptors (Lipinski definition) is 2. The predicted molar refractivity (Wildman–Crippen MR) is 48.9 cm³/mol. The highest BCUT2D eigenvalue weighted by molar-refractivity contribution is 5.92. The zero-order valence-corrected chi connectivity index (χ0v) is 7.26. The van der Waals surface area contributed by atoms with Crippen molar-refractivity contribution >= 4 is 11.7 Å². The maximum Gasteiger partial charge on any atom is 0.319 e. The lowest BCUT2D eigenvalue weighted by Crippen LogP contribution is -2.33. The number of nitrogens with one attached hydrogen (secondary N) is 2. The molecular weight excluding hydrogens is 168 g/mol. The molecule has 1 aromatic carbocycles. The smallest absolute Gasteiger partial charge is 0.319 e. The van der Waals surface area contributed by atoms with Crippen molar-refractivity contribution < 1.29 is 9.53 Å². The van der Waals surface area contributed by atoms with E-state index in [0.717, 1.165) is 17.0 Å². The summed E-state index contributed by atoms with van der Waals surface area (Å²) in [6.07, 6.45) is 0. The molecule has 4 heteroatoms. The second kappa shape index (κ2) is 2.97. The number of carbonyl (C=O) groups excluding carboxylic acids is 1. The van der Waals surface area contributed by atoms with E-state index in [2.05, 4.69) is 10.6 Å². The standard InChI is InChI=1S/C9H10N2O2/c1-13-8-4-2-3-7-6(8)5-10-9(12)11-7/h2-4H,5H2,1H3,(H2,10,11,12). The fourth-order valence-corrected chi connectivity index (χ4v) is 1.39. The van der Waals surface area contributed by atoms with Gasteiger partial charge in [0.15, 0.2) is 0 Å². The molecule has 1 heterocycles. The van der Waals surface area contributed by atoms with Crippen LogP contribution in [0.3, 0.4) is 0 Å². The van der Waals surface area contributed by atoms with E-state index < -0.39 is 0 Å². The van der Waals surface area contributed by atoms with Crippen LogP contribution in [0.5, 0.6) is 5.75 Å². The van der Waals surface area contributed by atoms with Gasteiger partial charge in [0.2, 0.25) is 0 Å². The summed E-state index contributed by atoms with van der Waals surface area (Å²) in [5, 5.41) is 5.39. The summed E-state index contributed by atoms with van der Waals surface area (Å²) in [5.41, 5.74) is 1.81. The summed E-state index contributed by atoms with van der Waals surface area (Å²) >= 11 is 0. The van der Waals surface area contributed by atoms with Gasteiger partial charge in [-0.1, -0.05) is 6.07 Å². The van der Waals surface area contributed by atoms with E-state index in [1.165, 1.54) is 0 Å². The summed E-state index contributed by atoms with van der Waals surface area (Å²) in [6.45, 7) is 0.519. The van der Waals surface area contributed by atoms with Crippen molar-refractivity contribution in [1.29, 1.82) is 0 Å². The molecule has 1 aliphatic heterocycles. The molecule has 0 aromatic heterocycles. The SMILES string of the molecule is COc1cccc2c1CNC(=O)N2. The molecule has 4 nitrogen and oxygen atoms in total. The Labute approximate surface area is 75.9 Å². The maximum absolute atomic E-state index is 11.0. The Morgan fingerprint density at radius 2 is 2.31 bits per heavy atom. The third-order valence-electron chi connectivity index (χ3n) is 2.03. The Balaban J connectivity index is 2.45. The monoisotopic (exact) mass is 178 g/mol. The summed E-state index contributed by atoms with van der Waals surface area (Å²) in [7, 11) is 1.62. The third kappa shape index (κ3) is 1.30. The topological polar surface area (TPSA) is 50.4 Å². The normalized spacial score (nSPS) is 14.1.